The van der Waals surface area contributed by atoms with Gasteiger partial charge in [-0.3, -0.25) is 14.7 Å². The van der Waals surface area contributed by atoms with E-state index < -0.39 is 0 Å². The van der Waals surface area contributed by atoms with E-state index in [-0.39, 0.29) is 0 Å². The molecule has 0 bridgehead atoms. The van der Waals surface area contributed by atoms with Crippen molar-refractivity contribution in [1.29, 1.82) is 0 Å². The number of anilines is 1. The highest BCUT2D eigenvalue weighted by atomic mass is 32.1. The van der Waals surface area contributed by atoms with Crippen LogP contribution in [0.5, 0.6) is 0 Å². The fourth-order valence-electron chi connectivity index (χ4n) is 3.32. The standard InChI is InChI=1S/C22H17N3OS/c26-14-25(18-6-7-18)22-19-11-21(27-20(19)8-9-24-22)17-10-16(12-23-13-17)15-4-2-1-3-5-15/h1-5,8-14,18H,6-7H2. The summed E-state index contributed by atoms with van der Waals surface area (Å²) in [5.74, 6) is 0.764. The van der Waals surface area contributed by atoms with E-state index in [0.717, 1.165) is 56.7 Å². The van der Waals surface area contributed by atoms with Crippen molar-refractivity contribution in [2.24, 2.45) is 0 Å². The van der Waals surface area contributed by atoms with E-state index in [1.165, 1.54) is 0 Å². The quantitative estimate of drug-likeness (QED) is 0.456. The van der Waals surface area contributed by atoms with Gasteiger partial charge in [-0.15, -0.1) is 11.3 Å². The molecular formula is C22H17N3OS. The Morgan fingerprint density at radius 3 is 2.59 bits per heavy atom. The Kier molecular flexibility index (Phi) is 3.94. The van der Waals surface area contributed by atoms with Crippen molar-refractivity contribution >= 4 is 33.7 Å². The molecule has 1 aromatic carbocycles. The monoisotopic (exact) mass is 371 g/mol. The minimum Gasteiger partial charge on any atom is -0.296 e. The molecule has 4 aromatic rings. The number of amides is 1. The third-order valence-corrected chi connectivity index (χ3v) is 6.00. The molecule has 1 aliphatic carbocycles. The molecular weight excluding hydrogens is 354 g/mol. The molecule has 0 saturated heterocycles. The summed E-state index contributed by atoms with van der Waals surface area (Å²) in [5.41, 5.74) is 3.32. The summed E-state index contributed by atoms with van der Waals surface area (Å²) < 4.78 is 1.13. The molecule has 0 aliphatic heterocycles. The van der Waals surface area contributed by atoms with E-state index in [1.54, 1.807) is 22.4 Å². The second kappa shape index (κ2) is 6.59. The van der Waals surface area contributed by atoms with E-state index in [0.29, 0.717) is 6.04 Å². The summed E-state index contributed by atoms with van der Waals surface area (Å²) in [6.45, 7) is 0. The van der Waals surface area contributed by atoms with Crippen LogP contribution in [0.1, 0.15) is 12.8 Å². The molecule has 3 aromatic heterocycles. The Hall–Kier alpha value is -3.05. The first kappa shape index (κ1) is 16.1. The van der Waals surface area contributed by atoms with Crippen molar-refractivity contribution < 1.29 is 4.79 Å². The lowest BCUT2D eigenvalue weighted by Crippen LogP contribution is -2.24. The number of hydrogen-bond donors (Lipinski definition) is 0. The largest absolute Gasteiger partial charge is 0.296 e. The maximum Gasteiger partial charge on any atom is 0.215 e. The van der Waals surface area contributed by atoms with Crippen LogP contribution >= 0.6 is 11.3 Å². The number of pyridine rings is 2. The number of carbonyl (C=O) groups excluding carboxylic acids is 1. The van der Waals surface area contributed by atoms with Gasteiger partial charge in [0, 0.05) is 50.7 Å². The van der Waals surface area contributed by atoms with Gasteiger partial charge in [0.2, 0.25) is 6.41 Å². The Morgan fingerprint density at radius 2 is 1.81 bits per heavy atom. The van der Waals surface area contributed by atoms with Gasteiger partial charge in [0.05, 0.1) is 0 Å². The van der Waals surface area contributed by atoms with Gasteiger partial charge in [-0.25, -0.2) is 4.98 Å². The van der Waals surface area contributed by atoms with Gasteiger partial charge in [0.1, 0.15) is 5.82 Å². The summed E-state index contributed by atoms with van der Waals surface area (Å²) in [4.78, 5) is 23.4. The lowest BCUT2D eigenvalue weighted by molar-refractivity contribution is -0.107. The average Bonchev–Trinajstić information content (AvgIpc) is 3.46. The molecule has 0 atom stereocenters. The number of thiophene rings is 1. The normalized spacial score (nSPS) is 13.6. The molecule has 1 amide bonds. The number of benzene rings is 1. The van der Waals surface area contributed by atoms with Gasteiger partial charge < -0.3 is 0 Å². The third-order valence-electron chi connectivity index (χ3n) is 4.85. The van der Waals surface area contributed by atoms with Crippen molar-refractivity contribution in [3.05, 3.63) is 67.1 Å². The molecule has 0 spiro atoms. The van der Waals surface area contributed by atoms with Crippen LogP contribution in [0, 0.1) is 0 Å². The van der Waals surface area contributed by atoms with Crippen LogP contribution in [0.4, 0.5) is 5.82 Å². The average molecular weight is 371 g/mol. The number of rotatable bonds is 5. The van der Waals surface area contributed by atoms with E-state index in [1.807, 2.05) is 36.7 Å². The maximum absolute atomic E-state index is 11.6. The van der Waals surface area contributed by atoms with E-state index in [9.17, 15) is 4.79 Å². The lowest BCUT2D eigenvalue weighted by Gasteiger charge is -2.15. The summed E-state index contributed by atoms with van der Waals surface area (Å²) in [7, 11) is 0. The lowest BCUT2D eigenvalue weighted by atomic mass is 10.1. The first-order valence-electron chi connectivity index (χ1n) is 8.96. The highest BCUT2D eigenvalue weighted by Crippen LogP contribution is 2.40. The molecule has 27 heavy (non-hydrogen) atoms. The number of fused-ring (bicyclic) bond motifs is 1. The van der Waals surface area contributed by atoms with Crippen LogP contribution in [0.25, 0.3) is 31.7 Å². The molecule has 5 rings (SSSR count). The fourth-order valence-corrected chi connectivity index (χ4v) is 4.35. The molecule has 1 saturated carbocycles. The molecule has 3 heterocycles. The van der Waals surface area contributed by atoms with Gasteiger partial charge >= 0.3 is 0 Å². The van der Waals surface area contributed by atoms with Crippen molar-refractivity contribution in [2.45, 2.75) is 18.9 Å². The molecule has 1 fully saturated rings. The predicted octanol–water partition coefficient (Wildman–Crippen LogP) is 5.15. The van der Waals surface area contributed by atoms with E-state index in [4.69, 9.17) is 0 Å². The van der Waals surface area contributed by atoms with Crippen molar-refractivity contribution in [3.8, 4) is 21.6 Å². The first-order valence-corrected chi connectivity index (χ1v) is 9.78. The zero-order chi connectivity index (χ0) is 18.2. The molecule has 4 nitrogen and oxygen atoms in total. The Balaban J connectivity index is 1.59. The van der Waals surface area contributed by atoms with Gasteiger partial charge in [-0.1, -0.05) is 30.3 Å². The number of nitrogens with zero attached hydrogens (tertiary/aromatic N) is 3. The van der Waals surface area contributed by atoms with Gasteiger partial charge in [-0.05, 0) is 36.6 Å². The Bertz CT molecular complexity index is 1120. The Morgan fingerprint density at radius 1 is 1.00 bits per heavy atom. The number of carbonyl (C=O) groups is 1. The second-order valence-corrected chi connectivity index (χ2v) is 7.81. The van der Waals surface area contributed by atoms with Crippen molar-refractivity contribution in [1.82, 2.24) is 9.97 Å². The highest BCUT2D eigenvalue weighted by molar-refractivity contribution is 7.22. The second-order valence-electron chi connectivity index (χ2n) is 6.73. The van der Waals surface area contributed by atoms with Crippen LogP contribution in [0.15, 0.2) is 67.1 Å². The SMILES string of the molecule is O=CN(c1nccc2sc(-c3cncc(-c4ccccc4)c3)cc12)C1CC1. The zero-order valence-electron chi connectivity index (χ0n) is 14.6. The molecule has 5 heteroatoms. The van der Waals surface area contributed by atoms with E-state index in [2.05, 4.69) is 34.2 Å². The number of aromatic nitrogens is 2. The fraction of sp³-hybridized carbons (Fsp3) is 0.136. The molecule has 0 N–H and O–H groups in total. The molecule has 1 aliphatic rings. The topological polar surface area (TPSA) is 46.1 Å². The summed E-state index contributed by atoms with van der Waals surface area (Å²) >= 11 is 1.71. The summed E-state index contributed by atoms with van der Waals surface area (Å²) in [5, 5.41) is 1.03. The van der Waals surface area contributed by atoms with Crippen LogP contribution < -0.4 is 4.90 Å². The molecule has 132 valence electrons. The van der Waals surface area contributed by atoms with Crippen molar-refractivity contribution in [3.63, 3.8) is 0 Å². The third kappa shape index (κ3) is 3.00. The molecule has 0 unspecified atom stereocenters. The van der Waals surface area contributed by atoms with Gasteiger partial charge in [-0.2, -0.15) is 0 Å². The van der Waals surface area contributed by atoms with Crippen LogP contribution in [-0.2, 0) is 4.79 Å². The highest BCUT2D eigenvalue weighted by Gasteiger charge is 2.31. The van der Waals surface area contributed by atoms with Crippen LogP contribution in [0.3, 0.4) is 0 Å². The summed E-state index contributed by atoms with van der Waals surface area (Å²) in [6, 6.07) is 16.9. The van der Waals surface area contributed by atoms with Gasteiger partial charge in [0.25, 0.3) is 0 Å². The van der Waals surface area contributed by atoms with Crippen LogP contribution in [0.2, 0.25) is 0 Å². The van der Waals surface area contributed by atoms with Crippen LogP contribution in [-0.4, -0.2) is 22.4 Å². The van der Waals surface area contributed by atoms with E-state index >= 15 is 0 Å². The Labute approximate surface area is 161 Å². The smallest absolute Gasteiger partial charge is 0.215 e. The predicted molar refractivity (Wildman–Crippen MR) is 110 cm³/mol. The maximum atomic E-state index is 11.6. The number of hydrogen-bond acceptors (Lipinski definition) is 4. The minimum absolute atomic E-state index is 0.298. The zero-order valence-corrected chi connectivity index (χ0v) is 15.4. The van der Waals surface area contributed by atoms with Crippen molar-refractivity contribution in [2.75, 3.05) is 4.90 Å². The molecule has 0 radical (unpaired) electrons. The summed E-state index contributed by atoms with van der Waals surface area (Å²) in [6.07, 6.45) is 8.58. The van der Waals surface area contributed by atoms with Gasteiger partial charge in [0.15, 0.2) is 0 Å². The minimum atomic E-state index is 0.298. The first-order chi connectivity index (χ1) is 13.3.